The highest BCUT2D eigenvalue weighted by atomic mass is 35.5. The van der Waals surface area contributed by atoms with Crippen molar-refractivity contribution in [2.24, 2.45) is 0 Å². The van der Waals surface area contributed by atoms with Crippen LogP contribution in [0.5, 0.6) is 0 Å². The minimum absolute atomic E-state index is 0.111. The first-order valence-electron chi connectivity index (χ1n) is 6.54. The predicted octanol–water partition coefficient (Wildman–Crippen LogP) is 7.99. The summed E-state index contributed by atoms with van der Waals surface area (Å²) < 4.78 is 38.5. The first-order valence-corrected chi connectivity index (χ1v) is 8.43. The molecule has 0 N–H and O–H groups in total. The second kappa shape index (κ2) is 7.72. The molecule has 10 heteroatoms. The van der Waals surface area contributed by atoms with Crippen molar-refractivity contribution in [3.8, 4) is 6.07 Å². The molecule has 0 aliphatic carbocycles. The van der Waals surface area contributed by atoms with Crippen LogP contribution in [0.25, 0.3) is 4.85 Å². The Bertz CT molecular complexity index is 965. The lowest BCUT2D eigenvalue weighted by molar-refractivity contribution is -0.137. The summed E-state index contributed by atoms with van der Waals surface area (Å²) in [5, 5.41) is 8.34. The highest BCUT2D eigenvalue weighted by Crippen LogP contribution is 2.45. The van der Waals surface area contributed by atoms with Crippen molar-refractivity contribution >= 4 is 63.7 Å². The van der Waals surface area contributed by atoms with Crippen molar-refractivity contribution in [3.05, 3.63) is 70.9 Å². The number of benzene rings is 2. The summed E-state index contributed by atoms with van der Waals surface area (Å²) in [7, 11) is 0. The molecule has 0 radical (unpaired) electrons. The summed E-state index contributed by atoms with van der Waals surface area (Å²) in [5.41, 5.74) is -1.10. The van der Waals surface area contributed by atoms with Crippen LogP contribution in [0.3, 0.4) is 0 Å². The first kappa shape index (κ1) is 21.0. The van der Waals surface area contributed by atoms with Crippen LogP contribution in [0.4, 0.5) is 18.9 Å². The van der Waals surface area contributed by atoms with Crippen LogP contribution in [-0.2, 0) is 12.6 Å². The molecule has 0 amide bonds. The van der Waals surface area contributed by atoms with Crippen molar-refractivity contribution in [1.29, 1.82) is 5.26 Å². The van der Waals surface area contributed by atoms with Gasteiger partial charge in [-0.15, -0.1) is 0 Å². The van der Waals surface area contributed by atoms with Crippen LogP contribution in [-0.4, -0.2) is 0 Å². The summed E-state index contributed by atoms with van der Waals surface area (Å²) in [4.78, 5) is 3.13. The average molecular weight is 458 g/mol. The van der Waals surface area contributed by atoms with E-state index in [1.54, 1.807) is 0 Å². The standard InChI is InChI=1S/C16H4Cl5F3N2/c1-26-15-13(20)9(5-25)7(12(19)14(15)21)4-8-10(17)2-6(3-11(8)18)16(22,23)24/h2-3H,4H2. The van der Waals surface area contributed by atoms with Gasteiger partial charge in [0.25, 0.3) is 0 Å². The van der Waals surface area contributed by atoms with Crippen LogP contribution < -0.4 is 0 Å². The van der Waals surface area contributed by atoms with Crippen molar-refractivity contribution in [2.45, 2.75) is 12.6 Å². The monoisotopic (exact) mass is 456 g/mol. The molecule has 0 aliphatic rings. The molecular formula is C16H4Cl5F3N2. The molecule has 0 bridgehead atoms. The Morgan fingerprint density at radius 1 is 0.962 bits per heavy atom. The quantitative estimate of drug-likeness (QED) is 0.331. The number of alkyl halides is 3. The van der Waals surface area contributed by atoms with E-state index in [-0.39, 0.29) is 53.9 Å². The van der Waals surface area contributed by atoms with E-state index in [0.29, 0.717) is 0 Å². The summed E-state index contributed by atoms with van der Waals surface area (Å²) in [6.07, 6.45) is -4.82. The Kier molecular flexibility index (Phi) is 6.23. The minimum Gasteiger partial charge on any atom is -0.235 e. The van der Waals surface area contributed by atoms with Gasteiger partial charge < -0.3 is 0 Å². The number of nitriles is 1. The van der Waals surface area contributed by atoms with Gasteiger partial charge in [0, 0.05) is 16.5 Å². The maximum absolute atomic E-state index is 12.8. The number of hydrogen-bond donors (Lipinski definition) is 0. The SMILES string of the molecule is [C-]#[N+]c1c(Cl)c(Cl)c(Cc2c(Cl)cc(C(F)(F)F)cc2Cl)c(C#N)c1Cl. The lowest BCUT2D eigenvalue weighted by Gasteiger charge is -2.16. The minimum atomic E-state index is -4.62. The van der Waals surface area contributed by atoms with Crippen molar-refractivity contribution in [3.63, 3.8) is 0 Å². The lowest BCUT2D eigenvalue weighted by atomic mass is 9.98. The molecule has 0 aromatic heterocycles. The van der Waals surface area contributed by atoms with E-state index in [1.807, 2.05) is 6.07 Å². The third-order valence-corrected chi connectivity index (χ3v) is 5.36. The molecule has 2 aromatic carbocycles. The van der Waals surface area contributed by atoms with Crippen molar-refractivity contribution in [2.75, 3.05) is 0 Å². The number of hydrogen-bond acceptors (Lipinski definition) is 1. The number of rotatable bonds is 2. The summed E-state index contributed by atoms with van der Waals surface area (Å²) >= 11 is 30.1. The zero-order valence-corrected chi connectivity index (χ0v) is 16.1. The molecule has 0 spiro atoms. The second-order valence-corrected chi connectivity index (χ2v) is 6.91. The van der Waals surface area contributed by atoms with E-state index in [2.05, 4.69) is 4.85 Å². The van der Waals surface area contributed by atoms with Gasteiger partial charge in [-0.1, -0.05) is 58.0 Å². The maximum Gasteiger partial charge on any atom is 0.416 e. The van der Waals surface area contributed by atoms with Crippen LogP contribution in [0.2, 0.25) is 25.1 Å². The van der Waals surface area contributed by atoms with Gasteiger partial charge in [0.2, 0.25) is 5.69 Å². The normalized spacial score (nSPS) is 11.2. The highest BCUT2D eigenvalue weighted by Gasteiger charge is 2.32. The summed E-state index contributed by atoms with van der Waals surface area (Å²) in [6.45, 7) is 7.08. The molecule has 26 heavy (non-hydrogen) atoms. The van der Waals surface area contributed by atoms with Gasteiger partial charge >= 0.3 is 6.18 Å². The number of nitrogens with zero attached hydrogens (tertiary/aromatic N) is 2. The second-order valence-electron chi connectivity index (χ2n) is 4.96. The van der Waals surface area contributed by atoms with Crippen molar-refractivity contribution < 1.29 is 13.2 Å². The Morgan fingerprint density at radius 3 is 1.92 bits per heavy atom. The lowest BCUT2D eigenvalue weighted by Crippen LogP contribution is -2.06. The Labute approximate surface area is 171 Å². The summed E-state index contributed by atoms with van der Waals surface area (Å²) in [5.74, 6) is 0. The molecular weight excluding hydrogens is 454 g/mol. The maximum atomic E-state index is 12.8. The Balaban J connectivity index is 2.68. The van der Waals surface area contributed by atoms with Gasteiger partial charge in [-0.25, -0.2) is 4.85 Å². The van der Waals surface area contributed by atoms with Crippen LogP contribution in [0.1, 0.15) is 22.3 Å². The fourth-order valence-corrected chi connectivity index (χ4v) is 3.65. The topological polar surface area (TPSA) is 28.1 Å². The van der Waals surface area contributed by atoms with Gasteiger partial charge in [-0.05, 0) is 23.3 Å². The smallest absolute Gasteiger partial charge is 0.235 e. The first-order chi connectivity index (χ1) is 12.0. The molecule has 0 unspecified atom stereocenters. The highest BCUT2D eigenvalue weighted by molar-refractivity contribution is 6.47. The third-order valence-electron chi connectivity index (χ3n) is 3.44. The fraction of sp³-hybridized carbons (Fsp3) is 0.125. The van der Waals surface area contributed by atoms with E-state index in [9.17, 15) is 18.4 Å². The molecule has 134 valence electrons. The molecule has 0 saturated heterocycles. The molecule has 0 heterocycles. The van der Waals surface area contributed by atoms with E-state index in [1.165, 1.54) is 0 Å². The Morgan fingerprint density at radius 2 is 1.50 bits per heavy atom. The van der Waals surface area contributed by atoms with Gasteiger partial charge in [-0.2, -0.15) is 18.4 Å². The molecule has 2 rings (SSSR count). The van der Waals surface area contributed by atoms with E-state index < -0.39 is 11.7 Å². The van der Waals surface area contributed by atoms with E-state index in [4.69, 9.17) is 64.6 Å². The average Bonchev–Trinajstić information content (AvgIpc) is 2.54. The summed E-state index contributed by atoms with van der Waals surface area (Å²) in [6, 6.07) is 3.26. The van der Waals surface area contributed by atoms with Crippen molar-refractivity contribution in [1.82, 2.24) is 0 Å². The van der Waals surface area contributed by atoms with Crippen LogP contribution in [0, 0.1) is 17.9 Å². The molecule has 0 fully saturated rings. The van der Waals surface area contributed by atoms with Crippen LogP contribution in [0.15, 0.2) is 12.1 Å². The van der Waals surface area contributed by atoms with Gasteiger partial charge in [0.1, 0.15) is 0 Å². The molecule has 0 saturated carbocycles. The van der Waals surface area contributed by atoms with E-state index >= 15 is 0 Å². The Hall–Kier alpha value is -1.34. The molecule has 2 aromatic rings. The van der Waals surface area contributed by atoms with Gasteiger partial charge in [0.15, 0.2) is 0 Å². The zero-order valence-electron chi connectivity index (χ0n) is 12.3. The molecule has 0 aliphatic heterocycles. The largest absolute Gasteiger partial charge is 0.416 e. The third kappa shape index (κ3) is 3.83. The predicted molar refractivity (Wildman–Crippen MR) is 96.7 cm³/mol. The van der Waals surface area contributed by atoms with Gasteiger partial charge in [-0.3, -0.25) is 0 Å². The number of halogens is 8. The fourth-order valence-electron chi connectivity index (χ4n) is 2.19. The van der Waals surface area contributed by atoms with E-state index in [0.717, 1.165) is 12.1 Å². The molecule has 2 nitrogen and oxygen atoms in total. The van der Waals surface area contributed by atoms with Gasteiger partial charge in [0.05, 0.1) is 38.8 Å². The zero-order chi connectivity index (χ0) is 19.8. The molecule has 0 atom stereocenters. The van der Waals surface area contributed by atoms with Crippen LogP contribution >= 0.6 is 58.0 Å².